The second-order valence-corrected chi connectivity index (χ2v) is 5.17. The predicted molar refractivity (Wildman–Crippen MR) is 89.0 cm³/mol. The highest BCUT2D eigenvalue weighted by atomic mass is 35.5. The number of hydrogen-bond acceptors (Lipinski definition) is 4. The first kappa shape index (κ1) is 18.6. The van der Waals surface area contributed by atoms with Gasteiger partial charge in [0.25, 0.3) is 5.91 Å². The molecule has 124 valence electrons. The fraction of sp³-hybridized carbons (Fsp3) is 0.562. The second kappa shape index (κ2) is 10.3. The van der Waals surface area contributed by atoms with Crippen LogP contribution in [0, 0.1) is 5.92 Å². The predicted octanol–water partition coefficient (Wildman–Crippen LogP) is 2.00. The van der Waals surface area contributed by atoms with Crippen molar-refractivity contribution in [1.82, 2.24) is 10.6 Å². The molecule has 0 bridgehead atoms. The Balaban J connectivity index is 0.00000242. The van der Waals surface area contributed by atoms with E-state index in [-0.39, 0.29) is 24.9 Å². The zero-order chi connectivity index (χ0) is 14.9. The molecule has 1 saturated heterocycles. The van der Waals surface area contributed by atoms with Gasteiger partial charge in [0.1, 0.15) is 0 Å². The molecule has 0 radical (unpaired) electrons. The van der Waals surface area contributed by atoms with Gasteiger partial charge in [0.15, 0.2) is 18.1 Å². The standard InChI is InChI=1S/C16H24N2O3.ClH/c1-2-20-14-5-3-4-6-15(14)21-12-16(19)18-10-8-13-7-9-17-11-13;/h3-6,13,17H,2,7-12H2,1H3,(H,18,19);1H. The van der Waals surface area contributed by atoms with E-state index in [4.69, 9.17) is 9.47 Å². The van der Waals surface area contributed by atoms with E-state index in [0.717, 1.165) is 19.5 Å². The van der Waals surface area contributed by atoms with Gasteiger partial charge in [-0.05, 0) is 50.9 Å². The third-order valence-electron chi connectivity index (χ3n) is 3.54. The fourth-order valence-electron chi connectivity index (χ4n) is 2.42. The van der Waals surface area contributed by atoms with Crippen molar-refractivity contribution < 1.29 is 14.3 Å². The van der Waals surface area contributed by atoms with Crippen LogP contribution in [0.25, 0.3) is 0 Å². The molecule has 1 heterocycles. The lowest BCUT2D eigenvalue weighted by Gasteiger charge is -2.12. The number of hydrogen-bond donors (Lipinski definition) is 2. The highest BCUT2D eigenvalue weighted by Crippen LogP contribution is 2.26. The topological polar surface area (TPSA) is 59.6 Å². The molecular formula is C16H25ClN2O3. The molecule has 2 N–H and O–H groups in total. The van der Waals surface area contributed by atoms with Gasteiger partial charge in [-0.2, -0.15) is 0 Å². The Labute approximate surface area is 138 Å². The normalized spacial score (nSPS) is 16.7. The number of nitrogens with one attached hydrogen (secondary N) is 2. The first-order chi connectivity index (χ1) is 10.3. The summed E-state index contributed by atoms with van der Waals surface area (Å²) in [6, 6.07) is 7.39. The first-order valence-corrected chi connectivity index (χ1v) is 7.61. The van der Waals surface area contributed by atoms with Crippen molar-refractivity contribution >= 4 is 18.3 Å². The van der Waals surface area contributed by atoms with Crippen LogP contribution in [0.2, 0.25) is 0 Å². The Morgan fingerprint density at radius 2 is 2.05 bits per heavy atom. The minimum Gasteiger partial charge on any atom is -0.490 e. The van der Waals surface area contributed by atoms with E-state index in [0.29, 0.717) is 30.6 Å². The van der Waals surface area contributed by atoms with Crippen LogP contribution in [0.3, 0.4) is 0 Å². The van der Waals surface area contributed by atoms with Crippen LogP contribution in [0.5, 0.6) is 11.5 Å². The van der Waals surface area contributed by atoms with Gasteiger partial charge in [-0.15, -0.1) is 12.4 Å². The van der Waals surface area contributed by atoms with Crippen LogP contribution < -0.4 is 20.1 Å². The van der Waals surface area contributed by atoms with Gasteiger partial charge in [0.05, 0.1) is 6.61 Å². The average Bonchev–Trinajstić information content (AvgIpc) is 3.00. The number of benzene rings is 1. The van der Waals surface area contributed by atoms with Crippen molar-refractivity contribution in [2.45, 2.75) is 19.8 Å². The largest absolute Gasteiger partial charge is 0.490 e. The summed E-state index contributed by atoms with van der Waals surface area (Å²) in [5, 5.41) is 6.22. The highest BCUT2D eigenvalue weighted by molar-refractivity contribution is 5.85. The molecule has 1 aliphatic heterocycles. The van der Waals surface area contributed by atoms with Gasteiger partial charge in [0, 0.05) is 6.54 Å². The smallest absolute Gasteiger partial charge is 0.257 e. The molecule has 1 aromatic rings. The van der Waals surface area contributed by atoms with E-state index in [1.165, 1.54) is 6.42 Å². The maximum Gasteiger partial charge on any atom is 0.257 e. The molecule has 22 heavy (non-hydrogen) atoms. The Morgan fingerprint density at radius 3 is 2.68 bits per heavy atom. The Morgan fingerprint density at radius 1 is 1.32 bits per heavy atom. The Hall–Kier alpha value is -1.46. The monoisotopic (exact) mass is 328 g/mol. The van der Waals surface area contributed by atoms with Crippen molar-refractivity contribution in [3.05, 3.63) is 24.3 Å². The molecule has 0 aromatic heterocycles. The molecule has 1 aromatic carbocycles. The first-order valence-electron chi connectivity index (χ1n) is 7.61. The number of halogens is 1. The minimum absolute atomic E-state index is 0. The molecule has 2 rings (SSSR count). The van der Waals surface area contributed by atoms with Crippen LogP contribution in [-0.4, -0.2) is 38.8 Å². The summed E-state index contributed by atoms with van der Waals surface area (Å²) in [7, 11) is 0. The van der Waals surface area contributed by atoms with Crippen LogP contribution >= 0.6 is 12.4 Å². The third-order valence-corrected chi connectivity index (χ3v) is 3.54. The molecule has 1 aliphatic rings. The molecule has 1 fully saturated rings. The van der Waals surface area contributed by atoms with E-state index >= 15 is 0 Å². The Bertz CT molecular complexity index is 451. The summed E-state index contributed by atoms with van der Waals surface area (Å²) >= 11 is 0. The van der Waals surface area contributed by atoms with Gasteiger partial charge in [-0.1, -0.05) is 12.1 Å². The van der Waals surface area contributed by atoms with Gasteiger partial charge in [-0.25, -0.2) is 0 Å². The fourth-order valence-corrected chi connectivity index (χ4v) is 2.42. The zero-order valence-corrected chi connectivity index (χ0v) is 13.8. The summed E-state index contributed by atoms with van der Waals surface area (Å²) in [6.07, 6.45) is 2.22. The molecule has 1 unspecified atom stereocenters. The van der Waals surface area contributed by atoms with Crippen LogP contribution in [0.15, 0.2) is 24.3 Å². The average molecular weight is 329 g/mol. The third kappa shape index (κ3) is 6.12. The van der Waals surface area contributed by atoms with Gasteiger partial charge in [0.2, 0.25) is 0 Å². The van der Waals surface area contributed by atoms with Crippen molar-refractivity contribution in [3.63, 3.8) is 0 Å². The van der Waals surface area contributed by atoms with Crippen LogP contribution in [-0.2, 0) is 4.79 Å². The van der Waals surface area contributed by atoms with Gasteiger partial charge < -0.3 is 20.1 Å². The number of carbonyl (C=O) groups is 1. The van der Waals surface area contributed by atoms with Gasteiger partial charge >= 0.3 is 0 Å². The van der Waals surface area contributed by atoms with E-state index in [9.17, 15) is 4.79 Å². The molecule has 6 heteroatoms. The quantitative estimate of drug-likeness (QED) is 0.766. The number of ether oxygens (including phenoxy) is 2. The summed E-state index contributed by atoms with van der Waals surface area (Å²) < 4.78 is 11.0. The zero-order valence-electron chi connectivity index (χ0n) is 13.0. The highest BCUT2D eigenvalue weighted by Gasteiger charge is 2.14. The molecule has 1 atom stereocenters. The van der Waals surface area contributed by atoms with E-state index in [1.54, 1.807) is 0 Å². The van der Waals surface area contributed by atoms with E-state index in [2.05, 4.69) is 10.6 Å². The molecule has 1 amide bonds. The van der Waals surface area contributed by atoms with Gasteiger partial charge in [-0.3, -0.25) is 4.79 Å². The summed E-state index contributed by atoms with van der Waals surface area (Å²) in [6.45, 7) is 5.38. The summed E-state index contributed by atoms with van der Waals surface area (Å²) in [5.74, 6) is 1.87. The van der Waals surface area contributed by atoms with Crippen molar-refractivity contribution in [3.8, 4) is 11.5 Å². The second-order valence-electron chi connectivity index (χ2n) is 5.17. The van der Waals surface area contributed by atoms with Crippen molar-refractivity contribution in [2.75, 3.05) is 32.8 Å². The maximum atomic E-state index is 11.8. The summed E-state index contributed by atoms with van der Waals surface area (Å²) in [5.41, 5.74) is 0. The molecule has 0 aliphatic carbocycles. The van der Waals surface area contributed by atoms with E-state index in [1.807, 2.05) is 31.2 Å². The van der Waals surface area contributed by atoms with Crippen molar-refractivity contribution in [1.29, 1.82) is 0 Å². The Kier molecular flexibility index (Phi) is 8.70. The number of amides is 1. The molecule has 0 saturated carbocycles. The van der Waals surface area contributed by atoms with E-state index < -0.39 is 0 Å². The van der Waals surface area contributed by atoms with Crippen LogP contribution in [0.4, 0.5) is 0 Å². The lowest BCUT2D eigenvalue weighted by Crippen LogP contribution is -2.31. The lowest BCUT2D eigenvalue weighted by molar-refractivity contribution is -0.123. The molecule has 5 nitrogen and oxygen atoms in total. The maximum absolute atomic E-state index is 11.8. The minimum atomic E-state index is -0.0905. The number of carbonyl (C=O) groups excluding carboxylic acids is 1. The molecular weight excluding hydrogens is 304 g/mol. The number of rotatable bonds is 8. The van der Waals surface area contributed by atoms with Crippen molar-refractivity contribution in [2.24, 2.45) is 5.92 Å². The number of para-hydroxylation sites is 2. The SMILES string of the molecule is CCOc1ccccc1OCC(=O)NCCC1CCNC1.Cl. The summed E-state index contributed by atoms with van der Waals surface area (Å²) in [4.78, 5) is 11.8. The lowest BCUT2D eigenvalue weighted by atomic mass is 10.1. The molecule has 0 spiro atoms. The van der Waals surface area contributed by atoms with Crippen LogP contribution in [0.1, 0.15) is 19.8 Å².